The molecule has 1 aliphatic heterocycles. The van der Waals surface area contributed by atoms with E-state index in [1.807, 2.05) is 6.92 Å². The van der Waals surface area contributed by atoms with Gasteiger partial charge in [0.15, 0.2) is 0 Å². The summed E-state index contributed by atoms with van der Waals surface area (Å²) in [5, 5.41) is 0. The minimum Gasteiger partial charge on any atom is -0.381 e. The highest BCUT2D eigenvalue weighted by atomic mass is 79.9. The van der Waals surface area contributed by atoms with E-state index in [9.17, 15) is 8.42 Å². The minimum absolute atomic E-state index is 0.290. The quantitative estimate of drug-likeness (QED) is 0.923. The molecule has 0 radical (unpaired) electrons. The average Bonchev–Trinajstić information content (AvgIpc) is 2.29. The molecule has 1 aliphatic rings. The molecular weight excluding hydrogens is 318 g/mol. The molecular formula is C12H16BrNO3S. The number of benzene rings is 1. The van der Waals surface area contributed by atoms with Crippen LogP contribution < -0.4 is 4.72 Å². The van der Waals surface area contributed by atoms with Crippen molar-refractivity contribution in [1.29, 1.82) is 0 Å². The normalized spacial score (nSPS) is 19.7. The molecule has 100 valence electrons. The molecule has 0 spiro atoms. The van der Waals surface area contributed by atoms with Crippen LogP contribution in [0.5, 0.6) is 0 Å². The first-order chi connectivity index (χ1) is 8.41. The lowest BCUT2D eigenvalue weighted by Gasteiger charge is -2.33. The van der Waals surface area contributed by atoms with Crippen LogP contribution in [-0.4, -0.2) is 27.2 Å². The van der Waals surface area contributed by atoms with Crippen molar-refractivity contribution in [2.45, 2.75) is 30.2 Å². The van der Waals surface area contributed by atoms with Crippen molar-refractivity contribution in [2.75, 3.05) is 13.2 Å². The van der Waals surface area contributed by atoms with E-state index < -0.39 is 15.6 Å². The van der Waals surface area contributed by atoms with Crippen LogP contribution in [0.3, 0.4) is 0 Å². The van der Waals surface area contributed by atoms with Gasteiger partial charge in [-0.05, 0) is 44.0 Å². The van der Waals surface area contributed by atoms with Gasteiger partial charge in [0.05, 0.1) is 4.90 Å². The van der Waals surface area contributed by atoms with E-state index in [1.165, 1.54) is 0 Å². The van der Waals surface area contributed by atoms with Crippen LogP contribution in [0.4, 0.5) is 0 Å². The minimum atomic E-state index is -3.46. The van der Waals surface area contributed by atoms with Crippen LogP contribution in [0.15, 0.2) is 33.6 Å². The molecule has 1 fully saturated rings. The van der Waals surface area contributed by atoms with E-state index in [2.05, 4.69) is 20.7 Å². The highest BCUT2D eigenvalue weighted by Crippen LogP contribution is 2.23. The van der Waals surface area contributed by atoms with Gasteiger partial charge >= 0.3 is 0 Å². The van der Waals surface area contributed by atoms with Crippen molar-refractivity contribution in [3.8, 4) is 0 Å². The fraction of sp³-hybridized carbons (Fsp3) is 0.500. The molecule has 0 aromatic heterocycles. The van der Waals surface area contributed by atoms with Gasteiger partial charge in [0.2, 0.25) is 10.0 Å². The van der Waals surface area contributed by atoms with Gasteiger partial charge in [-0.3, -0.25) is 0 Å². The summed E-state index contributed by atoms with van der Waals surface area (Å²) in [6.45, 7) is 3.12. The largest absolute Gasteiger partial charge is 0.381 e. The summed E-state index contributed by atoms with van der Waals surface area (Å²) in [7, 11) is -3.46. The van der Waals surface area contributed by atoms with Crippen LogP contribution in [0.2, 0.25) is 0 Å². The average molecular weight is 334 g/mol. The summed E-state index contributed by atoms with van der Waals surface area (Å²) in [6, 6.07) is 6.63. The maximum absolute atomic E-state index is 12.2. The summed E-state index contributed by atoms with van der Waals surface area (Å²) in [5.74, 6) is 0. The monoisotopic (exact) mass is 333 g/mol. The number of sulfonamides is 1. The second kappa shape index (κ2) is 5.28. The maximum Gasteiger partial charge on any atom is 0.241 e. The lowest BCUT2D eigenvalue weighted by atomic mass is 9.94. The van der Waals surface area contributed by atoms with Crippen molar-refractivity contribution >= 4 is 26.0 Å². The van der Waals surface area contributed by atoms with E-state index in [1.54, 1.807) is 24.3 Å². The molecule has 0 saturated carbocycles. The standard InChI is InChI=1S/C12H16BrNO3S/c1-12(6-8-17-9-7-12)14-18(15,16)11-4-2-10(13)3-5-11/h2-5,14H,6-9H2,1H3. The number of ether oxygens (including phenoxy) is 1. The molecule has 0 aliphatic carbocycles. The zero-order valence-electron chi connectivity index (χ0n) is 10.1. The molecule has 0 bridgehead atoms. The molecule has 4 nitrogen and oxygen atoms in total. The van der Waals surface area contributed by atoms with Gasteiger partial charge < -0.3 is 4.74 Å². The lowest BCUT2D eigenvalue weighted by molar-refractivity contribution is 0.0537. The summed E-state index contributed by atoms with van der Waals surface area (Å²) in [6.07, 6.45) is 1.39. The van der Waals surface area contributed by atoms with Gasteiger partial charge in [-0.15, -0.1) is 0 Å². The smallest absolute Gasteiger partial charge is 0.241 e. The highest BCUT2D eigenvalue weighted by Gasteiger charge is 2.32. The van der Waals surface area contributed by atoms with Crippen LogP contribution >= 0.6 is 15.9 Å². The van der Waals surface area contributed by atoms with Gasteiger partial charge in [-0.25, -0.2) is 13.1 Å². The Bertz CT molecular complexity index is 507. The van der Waals surface area contributed by atoms with Crippen LogP contribution in [0.25, 0.3) is 0 Å². The Kier molecular flexibility index (Phi) is 4.11. The van der Waals surface area contributed by atoms with Crippen LogP contribution in [0, 0.1) is 0 Å². The van der Waals surface area contributed by atoms with Crippen molar-refractivity contribution < 1.29 is 13.2 Å². The van der Waals surface area contributed by atoms with Crippen molar-refractivity contribution in [3.63, 3.8) is 0 Å². The fourth-order valence-electron chi connectivity index (χ4n) is 1.92. The second-order valence-corrected chi connectivity index (χ2v) is 7.33. The molecule has 1 heterocycles. The SMILES string of the molecule is CC1(NS(=O)(=O)c2ccc(Br)cc2)CCOCC1. The molecule has 6 heteroatoms. The summed E-state index contributed by atoms with van der Waals surface area (Å²) in [4.78, 5) is 0.290. The molecule has 1 N–H and O–H groups in total. The number of hydrogen-bond donors (Lipinski definition) is 1. The lowest BCUT2D eigenvalue weighted by Crippen LogP contribution is -2.49. The Morgan fingerprint density at radius 2 is 1.78 bits per heavy atom. The molecule has 0 unspecified atom stereocenters. The number of nitrogens with one attached hydrogen (secondary N) is 1. The third-order valence-electron chi connectivity index (χ3n) is 3.10. The van der Waals surface area contributed by atoms with Gasteiger partial charge in [0, 0.05) is 23.2 Å². The van der Waals surface area contributed by atoms with Crippen LogP contribution in [-0.2, 0) is 14.8 Å². The molecule has 2 rings (SSSR count). The number of rotatable bonds is 3. The third kappa shape index (κ3) is 3.32. The predicted molar refractivity (Wildman–Crippen MR) is 72.9 cm³/mol. The molecule has 18 heavy (non-hydrogen) atoms. The summed E-state index contributed by atoms with van der Waals surface area (Å²) >= 11 is 3.29. The van der Waals surface area contributed by atoms with Gasteiger partial charge in [-0.2, -0.15) is 0 Å². The Morgan fingerprint density at radius 1 is 1.22 bits per heavy atom. The Hall–Kier alpha value is -0.430. The van der Waals surface area contributed by atoms with E-state index in [0.29, 0.717) is 31.0 Å². The third-order valence-corrected chi connectivity index (χ3v) is 5.28. The maximum atomic E-state index is 12.2. The zero-order chi connectivity index (χ0) is 13.2. The molecule has 1 saturated heterocycles. The van der Waals surface area contributed by atoms with Crippen LogP contribution in [0.1, 0.15) is 19.8 Å². The zero-order valence-corrected chi connectivity index (χ0v) is 12.6. The van der Waals surface area contributed by atoms with Crippen molar-refractivity contribution in [1.82, 2.24) is 4.72 Å². The van der Waals surface area contributed by atoms with Gasteiger partial charge in [0.1, 0.15) is 0 Å². The topological polar surface area (TPSA) is 55.4 Å². The Balaban J connectivity index is 2.18. The van der Waals surface area contributed by atoms with E-state index in [4.69, 9.17) is 4.74 Å². The molecule has 1 aromatic carbocycles. The Labute approximate surface area is 116 Å². The summed E-state index contributed by atoms with van der Waals surface area (Å²) in [5.41, 5.74) is -0.413. The predicted octanol–water partition coefficient (Wildman–Crippen LogP) is 2.30. The van der Waals surface area contributed by atoms with E-state index in [0.717, 1.165) is 4.47 Å². The van der Waals surface area contributed by atoms with E-state index in [-0.39, 0.29) is 0 Å². The first-order valence-corrected chi connectivity index (χ1v) is 8.06. The number of hydrogen-bond acceptors (Lipinski definition) is 3. The van der Waals surface area contributed by atoms with E-state index >= 15 is 0 Å². The Morgan fingerprint density at radius 3 is 2.33 bits per heavy atom. The number of halogens is 1. The van der Waals surface area contributed by atoms with Crippen molar-refractivity contribution in [3.05, 3.63) is 28.7 Å². The highest BCUT2D eigenvalue weighted by molar-refractivity contribution is 9.10. The second-order valence-electron chi connectivity index (χ2n) is 4.73. The summed E-state index contributed by atoms with van der Waals surface area (Å²) < 4.78 is 33.4. The van der Waals surface area contributed by atoms with Gasteiger partial charge in [0.25, 0.3) is 0 Å². The molecule has 1 aromatic rings. The first-order valence-electron chi connectivity index (χ1n) is 5.79. The van der Waals surface area contributed by atoms with Crippen molar-refractivity contribution in [2.24, 2.45) is 0 Å². The molecule has 0 atom stereocenters. The fourth-order valence-corrected chi connectivity index (χ4v) is 3.65. The first kappa shape index (κ1) is 14.0. The van der Waals surface area contributed by atoms with Gasteiger partial charge in [-0.1, -0.05) is 15.9 Å². The molecule has 0 amide bonds.